The lowest BCUT2D eigenvalue weighted by Gasteiger charge is -2.40. The van der Waals surface area contributed by atoms with Crippen LogP contribution in [-0.4, -0.2) is 40.5 Å². The summed E-state index contributed by atoms with van der Waals surface area (Å²) in [6, 6.07) is 8.86. The summed E-state index contributed by atoms with van der Waals surface area (Å²) in [5.74, 6) is 0.925. The van der Waals surface area contributed by atoms with Crippen LogP contribution >= 0.6 is 9.24 Å². The van der Waals surface area contributed by atoms with Gasteiger partial charge in [0, 0.05) is 24.2 Å². The summed E-state index contributed by atoms with van der Waals surface area (Å²) in [6.07, 6.45) is 1.44. The Labute approximate surface area is 174 Å². The maximum Gasteiger partial charge on any atom is 0.276 e. The highest BCUT2D eigenvalue weighted by Crippen LogP contribution is 2.24. The number of rotatable bonds is 6. The predicted molar refractivity (Wildman–Crippen MR) is 117 cm³/mol. The predicted octanol–water partition coefficient (Wildman–Crippen LogP) is 3.24. The first-order valence-electron chi connectivity index (χ1n) is 10.2. The SMILES string of the molecule is CC(C)CC1CN(C(=O)c2cc(-c3ccccc3P)on2)C(CC(C)C)C(=O)N1. The molecule has 0 aliphatic carbocycles. The van der Waals surface area contributed by atoms with Crippen LogP contribution in [0, 0.1) is 11.8 Å². The van der Waals surface area contributed by atoms with E-state index < -0.39 is 6.04 Å². The lowest BCUT2D eigenvalue weighted by molar-refractivity contribution is -0.130. The van der Waals surface area contributed by atoms with Crippen molar-refractivity contribution < 1.29 is 14.1 Å². The van der Waals surface area contributed by atoms with Gasteiger partial charge in [-0.1, -0.05) is 57.1 Å². The van der Waals surface area contributed by atoms with Crippen molar-refractivity contribution in [1.29, 1.82) is 0 Å². The summed E-state index contributed by atoms with van der Waals surface area (Å²) in [5.41, 5.74) is 1.11. The number of hydrogen-bond acceptors (Lipinski definition) is 4. The van der Waals surface area contributed by atoms with Gasteiger partial charge in [0.1, 0.15) is 6.04 Å². The first-order chi connectivity index (χ1) is 13.8. The Bertz CT molecular complexity index is 878. The number of amides is 2. The van der Waals surface area contributed by atoms with Crippen molar-refractivity contribution in [3.8, 4) is 11.3 Å². The summed E-state index contributed by atoms with van der Waals surface area (Å²) in [6.45, 7) is 8.83. The number of hydrogen-bond donors (Lipinski definition) is 1. The third-order valence-corrected chi connectivity index (χ3v) is 5.61. The van der Waals surface area contributed by atoms with Crippen LogP contribution in [0.15, 0.2) is 34.9 Å². The fourth-order valence-electron chi connectivity index (χ4n) is 3.83. The molecule has 1 aromatic heterocycles. The Kier molecular flexibility index (Phi) is 6.74. The summed E-state index contributed by atoms with van der Waals surface area (Å²) < 4.78 is 5.47. The van der Waals surface area contributed by atoms with Crippen LogP contribution in [-0.2, 0) is 4.79 Å². The van der Waals surface area contributed by atoms with Crippen LogP contribution in [0.3, 0.4) is 0 Å². The van der Waals surface area contributed by atoms with Crippen molar-refractivity contribution in [3.63, 3.8) is 0 Å². The van der Waals surface area contributed by atoms with Gasteiger partial charge in [-0.3, -0.25) is 9.59 Å². The number of carbonyl (C=O) groups is 2. The molecule has 3 rings (SSSR count). The molecule has 29 heavy (non-hydrogen) atoms. The van der Waals surface area contributed by atoms with Gasteiger partial charge in [0.15, 0.2) is 11.5 Å². The summed E-state index contributed by atoms with van der Waals surface area (Å²) >= 11 is 0. The minimum atomic E-state index is -0.486. The minimum absolute atomic E-state index is 0.0472. The van der Waals surface area contributed by atoms with E-state index in [4.69, 9.17) is 4.52 Å². The van der Waals surface area contributed by atoms with Crippen LogP contribution in [0.1, 0.15) is 51.0 Å². The zero-order valence-electron chi connectivity index (χ0n) is 17.5. The lowest BCUT2D eigenvalue weighted by atomic mass is 9.94. The molecule has 2 aromatic rings. The molecular weight excluding hydrogens is 385 g/mol. The monoisotopic (exact) mass is 415 g/mol. The third-order valence-electron chi connectivity index (χ3n) is 5.11. The van der Waals surface area contributed by atoms with E-state index in [1.165, 1.54) is 0 Å². The second-order valence-corrected chi connectivity index (χ2v) is 9.22. The van der Waals surface area contributed by atoms with Crippen molar-refractivity contribution in [1.82, 2.24) is 15.4 Å². The van der Waals surface area contributed by atoms with Gasteiger partial charge in [-0.25, -0.2) is 0 Å². The molecule has 1 aromatic carbocycles. The molecule has 1 saturated heterocycles. The molecule has 1 fully saturated rings. The highest BCUT2D eigenvalue weighted by molar-refractivity contribution is 7.27. The maximum absolute atomic E-state index is 13.3. The fraction of sp³-hybridized carbons (Fsp3) is 0.500. The summed E-state index contributed by atoms with van der Waals surface area (Å²) in [7, 11) is 2.66. The van der Waals surface area contributed by atoms with E-state index in [1.807, 2.05) is 24.3 Å². The zero-order chi connectivity index (χ0) is 21.1. The number of carbonyl (C=O) groups excluding carboxylic acids is 2. The standard InChI is InChI=1S/C22H30N3O3P/c1-13(2)9-15-12-25(18(10-14(3)4)21(26)23-15)22(27)17-11-19(28-24-17)16-7-5-6-8-20(16)29/h5-8,11,13-15,18H,9-10,12,29H2,1-4H3,(H,23,26). The number of benzene rings is 1. The average Bonchev–Trinajstić information content (AvgIpc) is 3.12. The van der Waals surface area contributed by atoms with Gasteiger partial charge in [0.2, 0.25) is 5.91 Å². The molecule has 2 amide bonds. The molecule has 3 atom stereocenters. The van der Waals surface area contributed by atoms with Gasteiger partial charge < -0.3 is 14.7 Å². The van der Waals surface area contributed by atoms with E-state index in [0.29, 0.717) is 30.6 Å². The zero-order valence-corrected chi connectivity index (χ0v) is 18.7. The van der Waals surface area contributed by atoms with Gasteiger partial charge in [-0.15, -0.1) is 9.24 Å². The Morgan fingerprint density at radius 3 is 2.59 bits per heavy atom. The van der Waals surface area contributed by atoms with Gasteiger partial charge in [0.05, 0.1) is 0 Å². The number of aromatic nitrogens is 1. The Morgan fingerprint density at radius 2 is 1.93 bits per heavy atom. The van der Waals surface area contributed by atoms with Crippen LogP contribution < -0.4 is 10.6 Å². The lowest BCUT2D eigenvalue weighted by Crippen LogP contribution is -2.62. The van der Waals surface area contributed by atoms with E-state index in [2.05, 4.69) is 47.4 Å². The van der Waals surface area contributed by atoms with E-state index in [0.717, 1.165) is 17.3 Å². The molecule has 2 heterocycles. The van der Waals surface area contributed by atoms with Crippen LogP contribution in [0.4, 0.5) is 0 Å². The summed E-state index contributed by atoms with van der Waals surface area (Å²) in [4.78, 5) is 27.8. The molecule has 1 aliphatic heterocycles. The van der Waals surface area contributed by atoms with Crippen molar-refractivity contribution >= 4 is 26.4 Å². The van der Waals surface area contributed by atoms with Crippen molar-refractivity contribution in [2.24, 2.45) is 11.8 Å². The second kappa shape index (κ2) is 9.08. The van der Waals surface area contributed by atoms with Crippen LogP contribution in [0.5, 0.6) is 0 Å². The Morgan fingerprint density at radius 1 is 1.24 bits per heavy atom. The average molecular weight is 415 g/mol. The van der Waals surface area contributed by atoms with E-state index in [1.54, 1.807) is 11.0 Å². The van der Waals surface area contributed by atoms with Gasteiger partial charge in [-0.2, -0.15) is 0 Å². The molecule has 0 bridgehead atoms. The Balaban J connectivity index is 1.87. The van der Waals surface area contributed by atoms with Crippen LogP contribution in [0.25, 0.3) is 11.3 Å². The molecule has 6 nitrogen and oxygen atoms in total. The molecule has 1 N–H and O–H groups in total. The molecular formula is C22H30N3O3P. The largest absolute Gasteiger partial charge is 0.355 e. The van der Waals surface area contributed by atoms with Crippen LogP contribution in [0.2, 0.25) is 0 Å². The van der Waals surface area contributed by atoms with E-state index in [9.17, 15) is 9.59 Å². The highest BCUT2D eigenvalue weighted by Gasteiger charge is 2.39. The highest BCUT2D eigenvalue weighted by atomic mass is 31.0. The molecule has 7 heteroatoms. The molecule has 1 aliphatic rings. The van der Waals surface area contributed by atoms with Crippen molar-refractivity contribution in [2.75, 3.05) is 6.54 Å². The fourth-order valence-corrected chi connectivity index (χ4v) is 4.18. The van der Waals surface area contributed by atoms with Gasteiger partial charge in [0.25, 0.3) is 5.91 Å². The minimum Gasteiger partial charge on any atom is -0.355 e. The molecule has 0 spiro atoms. The first kappa shape index (κ1) is 21.5. The van der Waals surface area contributed by atoms with E-state index >= 15 is 0 Å². The smallest absolute Gasteiger partial charge is 0.276 e. The van der Waals surface area contributed by atoms with E-state index in [-0.39, 0.29) is 23.6 Å². The number of piperazine rings is 1. The van der Waals surface area contributed by atoms with Crippen molar-refractivity contribution in [2.45, 2.75) is 52.6 Å². The quantitative estimate of drug-likeness (QED) is 0.735. The molecule has 0 radical (unpaired) electrons. The molecule has 3 unspecified atom stereocenters. The number of nitrogens with one attached hydrogen (secondary N) is 1. The second-order valence-electron chi connectivity index (χ2n) is 8.60. The summed E-state index contributed by atoms with van der Waals surface area (Å²) in [5, 5.41) is 8.09. The topological polar surface area (TPSA) is 75.4 Å². The maximum atomic E-state index is 13.3. The number of nitrogens with zero attached hydrogens (tertiary/aromatic N) is 2. The third kappa shape index (κ3) is 5.05. The Hall–Kier alpha value is -2.20. The normalized spacial score (nSPS) is 19.7. The van der Waals surface area contributed by atoms with Gasteiger partial charge in [-0.05, 0) is 30.0 Å². The van der Waals surface area contributed by atoms with Gasteiger partial charge >= 0.3 is 0 Å². The molecule has 156 valence electrons. The first-order valence-corrected chi connectivity index (χ1v) is 10.8. The van der Waals surface area contributed by atoms with Crippen molar-refractivity contribution in [3.05, 3.63) is 36.0 Å². The molecule has 0 saturated carbocycles.